The molecule has 0 aliphatic heterocycles. The van der Waals surface area contributed by atoms with Gasteiger partial charge in [-0.25, -0.2) is 0 Å². The number of amides is 1. The van der Waals surface area contributed by atoms with Crippen molar-refractivity contribution in [1.82, 2.24) is 4.90 Å². The molecule has 0 rings (SSSR count). The van der Waals surface area contributed by atoms with E-state index in [1.54, 1.807) is 14.1 Å². The predicted octanol–water partition coefficient (Wildman–Crippen LogP) is 0.173. The summed E-state index contributed by atoms with van der Waals surface area (Å²) >= 11 is 0. The summed E-state index contributed by atoms with van der Waals surface area (Å²) in [5, 5.41) is 17.4. The van der Waals surface area contributed by atoms with E-state index >= 15 is 0 Å². The molecule has 0 saturated carbocycles. The minimum atomic E-state index is -3.45. The van der Waals surface area contributed by atoms with Crippen LogP contribution >= 0.6 is 7.37 Å². The minimum Gasteiger partial charge on any atom is -0.445 e. The maximum atomic E-state index is 11.4. The fourth-order valence-electron chi connectivity index (χ4n) is 0.694. The van der Waals surface area contributed by atoms with Gasteiger partial charge in [0.25, 0.3) is 7.37 Å². The van der Waals surface area contributed by atoms with Crippen LogP contribution in [0.25, 0.3) is 0 Å². The number of rotatable bonds is 5. The van der Waals surface area contributed by atoms with Gasteiger partial charge >= 0.3 is 0 Å². The zero-order valence-corrected chi connectivity index (χ0v) is 9.90. The summed E-state index contributed by atoms with van der Waals surface area (Å²) in [6.07, 6.45) is -0.381. The van der Waals surface area contributed by atoms with Crippen molar-refractivity contribution in [2.45, 2.75) is 6.92 Å². The number of likely N-dealkylation sites (N-methyl/N-ethyl adjacent to an activating group) is 1. The van der Waals surface area contributed by atoms with Gasteiger partial charge in [0.15, 0.2) is 0 Å². The first-order valence-corrected chi connectivity index (χ1v) is 6.23. The van der Waals surface area contributed by atoms with E-state index < -0.39 is 20.1 Å². The van der Waals surface area contributed by atoms with Gasteiger partial charge < -0.3 is 19.6 Å². The molecule has 6 nitrogen and oxygen atoms in total. The summed E-state index contributed by atoms with van der Waals surface area (Å²) in [6.45, 7) is 1.43. The first-order valence-electron chi connectivity index (χ1n) is 4.23. The van der Waals surface area contributed by atoms with Crippen molar-refractivity contribution in [2.24, 2.45) is 0 Å². The van der Waals surface area contributed by atoms with E-state index in [9.17, 15) is 9.36 Å². The summed E-state index contributed by atoms with van der Waals surface area (Å²) < 4.78 is 16.3. The Hall–Kier alpha value is -0.840. The quantitative estimate of drug-likeness (QED) is 0.404. The highest BCUT2D eigenvalue weighted by Crippen LogP contribution is 2.46. The van der Waals surface area contributed by atoms with Crippen LogP contribution in [0.5, 0.6) is 0 Å². The van der Waals surface area contributed by atoms with Gasteiger partial charge in [-0.2, -0.15) is 0 Å². The Morgan fingerprint density at radius 3 is 2.20 bits per heavy atom. The maximum absolute atomic E-state index is 11.4. The predicted molar refractivity (Wildman–Crippen MR) is 55.3 cm³/mol. The fraction of sp³-hybridized carbons (Fsp3) is 0.625. The Kier molecular flexibility index (Phi) is 5.57. The van der Waals surface area contributed by atoms with E-state index in [0.29, 0.717) is 0 Å². The third-order valence-corrected chi connectivity index (χ3v) is 2.99. The molecule has 0 aromatic rings. The summed E-state index contributed by atoms with van der Waals surface area (Å²) in [7, 11) is -0.333. The van der Waals surface area contributed by atoms with Crippen LogP contribution in [0, 0.1) is 0 Å². The summed E-state index contributed by atoms with van der Waals surface area (Å²) in [4.78, 5) is 12.5. The number of hydrogen-bond donors (Lipinski definition) is 2. The van der Waals surface area contributed by atoms with Gasteiger partial charge in [-0.3, -0.25) is 9.36 Å². The highest BCUT2D eigenvalue weighted by atomic mass is 31.2. The van der Waals surface area contributed by atoms with Gasteiger partial charge in [0.1, 0.15) is 18.5 Å². The van der Waals surface area contributed by atoms with Crippen LogP contribution in [0.2, 0.25) is 0 Å². The van der Waals surface area contributed by atoms with Gasteiger partial charge in [-0.1, -0.05) is 0 Å². The molecule has 1 amide bonds. The smallest absolute Gasteiger partial charge is 0.296 e. The van der Waals surface area contributed by atoms with Crippen LogP contribution in [-0.4, -0.2) is 47.8 Å². The monoisotopic (exact) mass is 237 g/mol. The molecule has 0 atom stereocenters. The van der Waals surface area contributed by atoms with Crippen molar-refractivity contribution in [3.8, 4) is 0 Å². The highest BCUT2D eigenvalue weighted by Gasteiger charge is 2.22. The Morgan fingerprint density at radius 1 is 1.40 bits per heavy atom. The van der Waals surface area contributed by atoms with Gasteiger partial charge in [0.2, 0.25) is 5.91 Å². The van der Waals surface area contributed by atoms with Crippen LogP contribution in [0.1, 0.15) is 6.92 Å². The molecule has 0 saturated heterocycles. The van der Waals surface area contributed by atoms with E-state index in [1.165, 1.54) is 11.8 Å². The van der Waals surface area contributed by atoms with Gasteiger partial charge in [-0.15, -0.1) is 0 Å². The lowest BCUT2D eigenvalue weighted by molar-refractivity contribution is -0.123. The number of nitrogens with zero attached hydrogens (tertiary/aromatic N) is 1. The topological polar surface area (TPSA) is 87.1 Å². The van der Waals surface area contributed by atoms with E-state index in [2.05, 4.69) is 0 Å². The molecular weight excluding hydrogens is 221 g/mol. The molecule has 7 heteroatoms. The summed E-state index contributed by atoms with van der Waals surface area (Å²) in [6, 6.07) is 0. The van der Waals surface area contributed by atoms with E-state index in [-0.39, 0.29) is 11.7 Å². The number of aliphatic hydroxyl groups excluding tert-OH is 2. The number of hydrogen-bond acceptors (Lipinski definition) is 5. The van der Waals surface area contributed by atoms with E-state index in [1.807, 2.05) is 0 Å². The molecule has 0 aliphatic carbocycles. The van der Waals surface area contributed by atoms with Crippen LogP contribution in [0.3, 0.4) is 0 Å². The van der Waals surface area contributed by atoms with Gasteiger partial charge in [-0.05, 0) is 6.92 Å². The molecule has 0 unspecified atom stereocenters. The summed E-state index contributed by atoms with van der Waals surface area (Å²) in [5.74, 6) is -0.227. The zero-order valence-electron chi connectivity index (χ0n) is 9.01. The van der Waals surface area contributed by atoms with Crippen molar-refractivity contribution in [1.29, 1.82) is 0 Å². The zero-order chi connectivity index (χ0) is 12.1. The van der Waals surface area contributed by atoms with Crippen LogP contribution < -0.4 is 0 Å². The molecule has 0 fully saturated rings. The Morgan fingerprint density at radius 2 is 1.87 bits per heavy atom. The standard InChI is InChI=1S/C8H16NO5P/c1-7(4-8(12)9(2)3)14-15(13,5-10)6-11/h4,10-11H,5-6H2,1-3H3/b7-4+. The Bertz CT molecular complexity index is 291. The fourth-order valence-corrected chi connectivity index (χ4v) is 1.48. The van der Waals surface area contributed by atoms with Crippen molar-refractivity contribution < 1.29 is 24.1 Å². The molecule has 2 N–H and O–H groups in total. The molecule has 0 heterocycles. The molecular formula is C8H16NO5P. The van der Waals surface area contributed by atoms with E-state index in [0.717, 1.165) is 6.08 Å². The van der Waals surface area contributed by atoms with Gasteiger partial charge in [0.05, 0.1) is 0 Å². The average molecular weight is 237 g/mol. The van der Waals surface area contributed by atoms with Crippen molar-refractivity contribution in [2.75, 3.05) is 26.8 Å². The molecule has 0 spiro atoms. The number of aliphatic hydroxyl groups is 2. The molecule has 15 heavy (non-hydrogen) atoms. The average Bonchev–Trinajstić information content (AvgIpc) is 2.17. The highest BCUT2D eigenvalue weighted by molar-refractivity contribution is 7.58. The molecule has 0 aliphatic rings. The first-order chi connectivity index (χ1) is 6.84. The molecule has 0 aromatic heterocycles. The number of carbonyl (C=O) groups is 1. The largest absolute Gasteiger partial charge is 0.445 e. The normalized spacial score (nSPS) is 12.5. The van der Waals surface area contributed by atoms with Crippen LogP contribution in [0.15, 0.2) is 11.8 Å². The van der Waals surface area contributed by atoms with Crippen molar-refractivity contribution in [3.63, 3.8) is 0 Å². The van der Waals surface area contributed by atoms with Crippen molar-refractivity contribution in [3.05, 3.63) is 11.8 Å². The third-order valence-electron chi connectivity index (χ3n) is 1.51. The second kappa shape index (κ2) is 5.90. The first kappa shape index (κ1) is 14.2. The maximum Gasteiger partial charge on any atom is 0.296 e. The lowest BCUT2D eigenvalue weighted by atomic mass is 10.4. The summed E-state index contributed by atoms with van der Waals surface area (Å²) in [5.41, 5.74) is 0. The van der Waals surface area contributed by atoms with Crippen LogP contribution in [-0.2, 0) is 13.9 Å². The van der Waals surface area contributed by atoms with Crippen molar-refractivity contribution >= 4 is 13.3 Å². The third kappa shape index (κ3) is 4.97. The SMILES string of the molecule is C/C(=C\C(=O)N(C)C)OP(=O)(CO)CO. The number of carbonyl (C=O) groups excluding carboxylic acids is 1. The molecule has 0 bridgehead atoms. The number of allylic oxidation sites excluding steroid dienone is 1. The van der Waals surface area contributed by atoms with Crippen LogP contribution in [0.4, 0.5) is 0 Å². The molecule has 88 valence electrons. The second-order valence-corrected chi connectivity index (χ2v) is 5.55. The van der Waals surface area contributed by atoms with Gasteiger partial charge in [0, 0.05) is 20.2 Å². The second-order valence-electron chi connectivity index (χ2n) is 3.18. The molecule has 0 aromatic carbocycles. The lowest BCUT2D eigenvalue weighted by Gasteiger charge is -2.15. The Labute approximate surface area is 88.6 Å². The lowest BCUT2D eigenvalue weighted by Crippen LogP contribution is -2.19. The van der Waals surface area contributed by atoms with E-state index in [4.69, 9.17) is 14.7 Å². The Balaban J connectivity index is 4.55. The minimum absolute atomic E-state index is 0.0973. The molecule has 0 radical (unpaired) electrons.